The monoisotopic (exact) mass is 323 g/mol. The van der Waals surface area contributed by atoms with Crippen LogP contribution in [0.15, 0.2) is 72.8 Å². The van der Waals surface area contributed by atoms with Crippen LogP contribution < -0.4 is 0 Å². The van der Waals surface area contributed by atoms with Gasteiger partial charge < -0.3 is 0 Å². The molecular formula is C21H22ClN. The predicted octanol–water partition coefficient (Wildman–Crippen LogP) is 5.29. The van der Waals surface area contributed by atoms with Gasteiger partial charge in [-0.25, -0.2) is 0 Å². The molecule has 0 aromatic heterocycles. The van der Waals surface area contributed by atoms with Gasteiger partial charge in [0.05, 0.1) is 5.50 Å². The predicted molar refractivity (Wildman–Crippen MR) is 100 cm³/mol. The van der Waals surface area contributed by atoms with Crippen LogP contribution >= 0.6 is 11.6 Å². The summed E-state index contributed by atoms with van der Waals surface area (Å²) in [5.74, 6) is 0.249. The minimum atomic E-state index is -0.0450. The standard InChI is InChI=1S/C21H22ClN/c1-23(2)21(22)20(14-16-8-4-3-5-9-16)19-13-12-17-10-6-7-11-18(17)15-19/h3-13,15,20-21H,14H2,1-2H3. The Kier molecular flexibility index (Phi) is 5.00. The number of rotatable bonds is 5. The van der Waals surface area contributed by atoms with Gasteiger partial charge in [-0.15, -0.1) is 11.6 Å². The Hall–Kier alpha value is -1.83. The number of hydrogen-bond acceptors (Lipinski definition) is 1. The Balaban J connectivity index is 1.98. The normalized spacial score (nSPS) is 14.1. The maximum absolute atomic E-state index is 6.74. The van der Waals surface area contributed by atoms with E-state index in [1.807, 2.05) is 14.1 Å². The highest BCUT2D eigenvalue weighted by atomic mass is 35.5. The molecule has 23 heavy (non-hydrogen) atoms. The van der Waals surface area contributed by atoms with Crippen molar-refractivity contribution in [3.05, 3.63) is 83.9 Å². The molecule has 0 saturated heterocycles. The molecule has 0 spiro atoms. The van der Waals surface area contributed by atoms with Crippen molar-refractivity contribution in [3.8, 4) is 0 Å². The van der Waals surface area contributed by atoms with Gasteiger partial charge in [-0.3, -0.25) is 4.90 Å². The van der Waals surface area contributed by atoms with Gasteiger partial charge in [0.1, 0.15) is 0 Å². The largest absolute Gasteiger partial charge is 0.293 e. The summed E-state index contributed by atoms with van der Waals surface area (Å²) < 4.78 is 0. The van der Waals surface area contributed by atoms with Gasteiger partial charge in [-0.05, 0) is 42.4 Å². The molecular weight excluding hydrogens is 302 g/mol. The molecule has 0 radical (unpaired) electrons. The Morgan fingerprint density at radius 1 is 0.826 bits per heavy atom. The van der Waals surface area contributed by atoms with E-state index in [9.17, 15) is 0 Å². The number of halogens is 1. The third-order valence-electron chi connectivity index (χ3n) is 4.33. The molecule has 0 amide bonds. The van der Waals surface area contributed by atoms with Gasteiger partial charge in [0.15, 0.2) is 0 Å². The van der Waals surface area contributed by atoms with Crippen molar-refractivity contribution in [2.75, 3.05) is 14.1 Å². The van der Waals surface area contributed by atoms with E-state index in [1.54, 1.807) is 0 Å². The van der Waals surface area contributed by atoms with E-state index in [0.29, 0.717) is 0 Å². The molecule has 0 aliphatic rings. The molecule has 3 rings (SSSR count). The summed E-state index contributed by atoms with van der Waals surface area (Å²) in [6.45, 7) is 0. The first kappa shape index (κ1) is 16.0. The van der Waals surface area contributed by atoms with Gasteiger partial charge in [0.2, 0.25) is 0 Å². The molecule has 118 valence electrons. The zero-order chi connectivity index (χ0) is 16.2. The highest BCUT2D eigenvalue weighted by Gasteiger charge is 2.23. The van der Waals surface area contributed by atoms with E-state index in [2.05, 4.69) is 77.7 Å². The van der Waals surface area contributed by atoms with Crippen LogP contribution in [0.5, 0.6) is 0 Å². The topological polar surface area (TPSA) is 3.24 Å². The number of nitrogens with zero attached hydrogens (tertiary/aromatic N) is 1. The zero-order valence-electron chi connectivity index (χ0n) is 13.6. The third kappa shape index (κ3) is 3.74. The Bertz CT molecular complexity index is 767. The molecule has 3 aromatic carbocycles. The Morgan fingerprint density at radius 3 is 2.17 bits per heavy atom. The Labute approximate surface area is 143 Å². The molecule has 0 aliphatic heterocycles. The second-order valence-electron chi connectivity index (χ2n) is 6.24. The molecule has 2 unspecified atom stereocenters. The molecule has 0 bridgehead atoms. The smallest absolute Gasteiger partial charge is 0.0917 e. The fourth-order valence-corrected chi connectivity index (χ4v) is 3.27. The van der Waals surface area contributed by atoms with E-state index in [1.165, 1.54) is 21.9 Å². The first-order valence-corrected chi connectivity index (χ1v) is 8.42. The molecule has 0 heterocycles. The highest BCUT2D eigenvalue weighted by molar-refractivity contribution is 6.20. The van der Waals surface area contributed by atoms with E-state index in [4.69, 9.17) is 11.6 Å². The average Bonchev–Trinajstić information content (AvgIpc) is 2.59. The molecule has 2 atom stereocenters. The summed E-state index contributed by atoms with van der Waals surface area (Å²) in [7, 11) is 4.08. The van der Waals surface area contributed by atoms with Gasteiger partial charge >= 0.3 is 0 Å². The number of fused-ring (bicyclic) bond motifs is 1. The maximum Gasteiger partial charge on any atom is 0.0917 e. The van der Waals surface area contributed by atoms with Gasteiger partial charge in [0, 0.05) is 5.92 Å². The van der Waals surface area contributed by atoms with Gasteiger partial charge in [0.25, 0.3) is 0 Å². The quantitative estimate of drug-likeness (QED) is 0.455. The minimum Gasteiger partial charge on any atom is -0.293 e. The second kappa shape index (κ2) is 7.16. The van der Waals surface area contributed by atoms with Crippen LogP contribution in [-0.4, -0.2) is 24.5 Å². The molecule has 0 aliphatic carbocycles. The van der Waals surface area contributed by atoms with Crippen molar-refractivity contribution in [2.24, 2.45) is 0 Å². The molecule has 3 aromatic rings. The molecule has 0 N–H and O–H groups in total. The van der Waals surface area contributed by atoms with Crippen LogP contribution in [0.3, 0.4) is 0 Å². The summed E-state index contributed by atoms with van der Waals surface area (Å²) in [6, 6.07) is 25.7. The van der Waals surface area contributed by atoms with Crippen LogP contribution in [0.4, 0.5) is 0 Å². The average molecular weight is 324 g/mol. The third-order valence-corrected chi connectivity index (χ3v) is 5.02. The number of alkyl halides is 1. The van der Waals surface area contributed by atoms with Crippen LogP contribution in [0.1, 0.15) is 17.0 Å². The highest BCUT2D eigenvalue weighted by Crippen LogP contribution is 2.31. The van der Waals surface area contributed by atoms with Crippen LogP contribution in [0.25, 0.3) is 10.8 Å². The van der Waals surface area contributed by atoms with Crippen molar-refractivity contribution in [3.63, 3.8) is 0 Å². The van der Waals surface area contributed by atoms with E-state index < -0.39 is 0 Å². The summed E-state index contributed by atoms with van der Waals surface area (Å²) >= 11 is 6.74. The SMILES string of the molecule is CN(C)C(Cl)C(Cc1ccccc1)c1ccc2ccccc2c1. The fourth-order valence-electron chi connectivity index (χ4n) is 3.04. The molecule has 0 saturated carbocycles. The second-order valence-corrected chi connectivity index (χ2v) is 6.69. The van der Waals surface area contributed by atoms with Crippen molar-refractivity contribution in [1.29, 1.82) is 0 Å². The summed E-state index contributed by atoms with van der Waals surface area (Å²) in [6.07, 6.45) is 0.936. The summed E-state index contributed by atoms with van der Waals surface area (Å²) in [5, 5.41) is 2.54. The Morgan fingerprint density at radius 2 is 1.48 bits per heavy atom. The van der Waals surface area contributed by atoms with Crippen LogP contribution in [0, 0.1) is 0 Å². The fraction of sp³-hybridized carbons (Fsp3) is 0.238. The number of likely N-dealkylation sites (N-methyl/N-ethyl adjacent to an activating group) is 1. The van der Waals surface area contributed by atoms with Crippen molar-refractivity contribution < 1.29 is 0 Å². The van der Waals surface area contributed by atoms with Gasteiger partial charge in [-0.1, -0.05) is 72.8 Å². The lowest BCUT2D eigenvalue weighted by Crippen LogP contribution is -2.30. The lowest BCUT2D eigenvalue weighted by atomic mass is 9.90. The minimum absolute atomic E-state index is 0.0450. The van der Waals surface area contributed by atoms with Crippen molar-refractivity contribution in [1.82, 2.24) is 4.90 Å². The van der Waals surface area contributed by atoms with E-state index in [-0.39, 0.29) is 11.4 Å². The summed E-state index contributed by atoms with van der Waals surface area (Å²) in [4.78, 5) is 2.09. The number of benzene rings is 3. The molecule has 1 nitrogen and oxygen atoms in total. The maximum atomic E-state index is 6.74. The van der Waals surface area contributed by atoms with E-state index >= 15 is 0 Å². The number of hydrogen-bond donors (Lipinski definition) is 0. The first-order chi connectivity index (χ1) is 11.1. The zero-order valence-corrected chi connectivity index (χ0v) is 14.4. The lowest BCUT2D eigenvalue weighted by molar-refractivity contribution is 0.331. The van der Waals surface area contributed by atoms with Crippen molar-refractivity contribution in [2.45, 2.75) is 17.8 Å². The van der Waals surface area contributed by atoms with Crippen molar-refractivity contribution >= 4 is 22.4 Å². The molecule has 0 fully saturated rings. The van der Waals surface area contributed by atoms with Gasteiger partial charge in [-0.2, -0.15) is 0 Å². The summed E-state index contributed by atoms with van der Waals surface area (Å²) in [5.41, 5.74) is 2.57. The lowest BCUT2D eigenvalue weighted by Gasteiger charge is -2.28. The first-order valence-electron chi connectivity index (χ1n) is 7.98. The van der Waals surface area contributed by atoms with Crippen LogP contribution in [-0.2, 0) is 6.42 Å². The molecule has 2 heteroatoms. The van der Waals surface area contributed by atoms with E-state index in [0.717, 1.165) is 6.42 Å². The van der Waals surface area contributed by atoms with Crippen LogP contribution in [0.2, 0.25) is 0 Å².